The third kappa shape index (κ3) is 5.16. The summed E-state index contributed by atoms with van der Waals surface area (Å²) in [5.41, 5.74) is 2.18. The summed E-state index contributed by atoms with van der Waals surface area (Å²) in [6.45, 7) is 0. The summed E-state index contributed by atoms with van der Waals surface area (Å²) in [4.78, 5) is 16.1. The van der Waals surface area contributed by atoms with Crippen molar-refractivity contribution in [2.75, 3.05) is 11.1 Å². The lowest BCUT2D eigenvalue weighted by Gasteiger charge is -2.06. The van der Waals surface area contributed by atoms with Gasteiger partial charge in [0.1, 0.15) is 5.03 Å². The average Bonchev–Trinajstić information content (AvgIpc) is 2.60. The number of carbonyl (C=O) groups excluding carboxylic acids is 1. The van der Waals surface area contributed by atoms with Gasteiger partial charge in [-0.15, -0.1) is 10.2 Å². The molecular weight excluding hydrogens is 379 g/mol. The molecule has 0 aliphatic carbocycles. The van der Waals surface area contributed by atoms with E-state index in [2.05, 4.69) is 20.5 Å². The highest BCUT2D eigenvalue weighted by atomic mass is 35.5. The van der Waals surface area contributed by atoms with Crippen LogP contribution >= 0.6 is 35.0 Å². The van der Waals surface area contributed by atoms with Crippen molar-refractivity contribution in [3.8, 4) is 11.3 Å². The number of hydrogen-bond donors (Lipinski definition) is 1. The molecule has 0 saturated heterocycles. The lowest BCUT2D eigenvalue weighted by molar-refractivity contribution is -0.113. The number of hydrogen-bond acceptors (Lipinski definition) is 5. The smallest absolute Gasteiger partial charge is 0.234 e. The normalized spacial score (nSPS) is 10.5. The molecule has 0 aliphatic heterocycles. The number of nitrogens with one attached hydrogen (secondary N) is 1. The summed E-state index contributed by atoms with van der Waals surface area (Å²) in [5.74, 6) is 0.0203. The summed E-state index contributed by atoms with van der Waals surface area (Å²) >= 11 is 13.1. The van der Waals surface area contributed by atoms with Crippen LogP contribution in [0.4, 0.5) is 5.69 Å². The lowest BCUT2D eigenvalue weighted by atomic mass is 10.2. The van der Waals surface area contributed by atoms with Crippen molar-refractivity contribution >= 4 is 46.6 Å². The molecule has 0 spiro atoms. The minimum atomic E-state index is -0.179. The average molecular weight is 391 g/mol. The predicted molar refractivity (Wildman–Crippen MR) is 101 cm³/mol. The summed E-state index contributed by atoms with van der Waals surface area (Å²) in [6.07, 6.45) is 3.42. The Hall–Kier alpha value is -2.15. The van der Waals surface area contributed by atoms with Gasteiger partial charge >= 0.3 is 0 Å². The third-order valence-electron chi connectivity index (χ3n) is 3.09. The molecule has 2 heterocycles. The zero-order valence-corrected chi connectivity index (χ0v) is 15.1. The summed E-state index contributed by atoms with van der Waals surface area (Å²) < 4.78 is 0. The first-order valence-electron chi connectivity index (χ1n) is 7.23. The Kier molecular flexibility index (Phi) is 5.86. The van der Waals surface area contributed by atoms with E-state index in [1.807, 2.05) is 24.3 Å². The molecule has 3 rings (SSSR count). The molecule has 2 aromatic heterocycles. The fraction of sp³-hybridized carbons (Fsp3) is 0.0588. The van der Waals surface area contributed by atoms with Gasteiger partial charge in [-0.3, -0.25) is 9.78 Å². The molecule has 0 bridgehead atoms. The van der Waals surface area contributed by atoms with Crippen molar-refractivity contribution in [2.45, 2.75) is 5.03 Å². The number of benzene rings is 1. The molecule has 0 aliphatic rings. The van der Waals surface area contributed by atoms with Crippen LogP contribution in [0.2, 0.25) is 10.0 Å². The van der Waals surface area contributed by atoms with Crippen LogP contribution in [0.3, 0.4) is 0 Å². The molecule has 0 unspecified atom stereocenters. The zero-order valence-electron chi connectivity index (χ0n) is 12.8. The van der Waals surface area contributed by atoms with Crippen LogP contribution in [0.15, 0.2) is 59.9 Å². The number of amides is 1. The van der Waals surface area contributed by atoms with Crippen molar-refractivity contribution in [1.82, 2.24) is 15.2 Å². The van der Waals surface area contributed by atoms with Crippen LogP contribution in [-0.4, -0.2) is 26.8 Å². The second-order valence-electron chi connectivity index (χ2n) is 4.99. The number of rotatable bonds is 5. The summed E-state index contributed by atoms with van der Waals surface area (Å²) in [7, 11) is 0. The van der Waals surface area contributed by atoms with Crippen molar-refractivity contribution in [3.05, 3.63) is 64.9 Å². The van der Waals surface area contributed by atoms with E-state index < -0.39 is 0 Å². The Balaban J connectivity index is 1.57. The van der Waals surface area contributed by atoms with Crippen molar-refractivity contribution in [1.29, 1.82) is 0 Å². The van der Waals surface area contributed by atoms with Crippen LogP contribution in [0.25, 0.3) is 11.3 Å². The van der Waals surface area contributed by atoms with Crippen molar-refractivity contribution < 1.29 is 4.79 Å². The summed E-state index contributed by atoms with van der Waals surface area (Å²) in [6, 6.07) is 12.3. The minimum absolute atomic E-state index is 0.179. The van der Waals surface area contributed by atoms with E-state index >= 15 is 0 Å². The molecule has 1 aromatic carbocycles. The molecule has 0 atom stereocenters. The quantitative estimate of drug-likeness (QED) is 0.645. The van der Waals surface area contributed by atoms with E-state index in [1.54, 1.807) is 30.6 Å². The van der Waals surface area contributed by atoms with Crippen molar-refractivity contribution in [3.63, 3.8) is 0 Å². The maximum Gasteiger partial charge on any atom is 0.234 e. The Labute approximate surface area is 158 Å². The van der Waals surface area contributed by atoms with E-state index in [9.17, 15) is 4.79 Å². The van der Waals surface area contributed by atoms with Gasteiger partial charge in [-0.2, -0.15) is 0 Å². The molecule has 0 radical (unpaired) electrons. The minimum Gasteiger partial charge on any atom is -0.325 e. The lowest BCUT2D eigenvalue weighted by Crippen LogP contribution is -2.14. The Morgan fingerprint density at radius 3 is 2.52 bits per heavy atom. The second kappa shape index (κ2) is 8.29. The van der Waals surface area contributed by atoms with Gasteiger partial charge in [-0.1, -0.05) is 35.0 Å². The first-order chi connectivity index (χ1) is 12.1. The number of carbonyl (C=O) groups is 1. The Morgan fingerprint density at radius 2 is 1.88 bits per heavy atom. The molecule has 5 nitrogen and oxygen atoms in total. The molecule has 1 amide bonds. The summed E-state index contributed by atoms with van der Waals surface area (Å²) in [5, 5.41) is 12.6. The zero-order chi connectivity index (χ0) is 17.6. The predicted octanol–water partition coefficient (Wildman–Crippen LogP) is 4.58. The van der Waals surface area contributed by atoms with Crippen LogP contribution in [0, 0.1) is 0 Å². The number of thioether (sulfide) groups is 1. The van der Waals surface area contributed by atoms with Crippen molar-refractivity contribution in [2.24, 2.45) is 0 Å². The standard InChI is InChI=1S/C17H12Cl2N4OS/c18-12-6-13(19)8-14(7-12)21-16(24)10-25-17-4-3-15(22-23-17)11-2-1-5-20-9-11/h1-9H,10H2,(H,21,24). The van der Waals surface area contributed by atoms with Gasteiger partial charge in [-0.05, 0) is 42.5 Å². The van der Waals surface area contributed by atoms with Gasteiger partial charge in [0.05, 0.1) is 11.4 Å². The molecule has 25 heavy (non-hydrogen) atoms. The fourth-order valence-electron chi connectivity index (χ4n) is 2.03. The Morgan fingerprint density at radius 1 is 1.08 bits per heavy atom. The van der Waals surface area contributed by atoms with E-state index in [0.717, 1.165) is 11.3 Å². The maximum absolute atomic E-state index is 12.0. The monoisotopic (exact) mass is 390 g/mol. The fourth-order valence-corrected chi connectivity index (χ4v) is 3.17. The molecule has 0 saturated carbocycles. The third-order valence-corrected chi connectivity index (χ3v) is 4.45. The van der Waals surface area contributed by atoms with E-state index in [1.165, 1.54) is 11.8 Å². The number of pyridine rings is 1. The van der Waals surface area contributed by atoms with Gasteiger partial charge in [0.25, 0.3) is 0 Å². The molecule has 8 heteroatoms. The Bertz CT molecular complexity index is 855. The maximum atomic E-state index is 12.0. The molecular formula is C17H12Cl2N4OS. The largest absolute Gasteiger partial charge is 0.325 e. The highest BCUT2D eigenvalue weighted by Crippen LogP contribution is 2.23. The van der Waals surface area contributed by atoms with Crippen LogP contribution in [-0.2, 0) is 4.79 Å². The molecule has 0 fully saturated rings. The molecule has 3 aromatic rings. The van der Waals surface area contributed by atoms with Crippen LogP contribution in [0.5, 0.6) is 0 Å². The molecule has 126 valence electrons. The van der Waals surface area contributed by atoms with E-state index in [0.29, 0.717) is 20.8 Å². The first-order valence-corrected chi connectivity index (χ1v) is 8.97. The van der Waals surface area contributed by atoms with E-state index in [4.69, 9.17) is 23.2 Å². The highest BCUT2D eigenvalue weighted by molar-refractivity contribution is 7.99. The van der Waals surface area contributed by atoms with Gasteiger partial charge in [0, 0.05) is 33.7 Å². The number of nitrogens with zero attached hydrogens (tertiary/aromatic N) is 3. The molecule has 1 N–H and O–H groups in total. The van der Waals surface area contributed by atoms with Gasteiger partial charge < -0.3 is 5.32 Å². The highest BCUT2D eigenvalue weighted by Gasteiger charge is 2.07. The number of halogens is 2. The number of anilines is 1. The van der Waals surface area contributed by atoms with E-state index in [-0.39, 0.29) is 11.7 Å². The first kappa shape index (κ1) is 17.7. The van der Waals surface area contributed by atoms with Crippen LogP contribution < -0.4 is 5.32 Å². The van der Waals surface area contributed by atoms with Gasteiger partial charge in [-0.25, -0.2) is 0 Å². The topological polar surface area (TPSA) is 67.8 Å². The van der Waals surface area contributed by atoms with Gasteiger partial charge in [0.15, 0.2) is 0 Å². The van der Waals surface area contributed by atoms with Crippen LogP contribution in [0.1, 0.15) is 0 Å². The van der Waals surface area contributed by atoms with Gasteiger partial charge in [0.2, 0.25) is 5.91 Å². The number of aromatic nitrogens is 3. The second-order valence-corrected chi connectivity index (χ2v) is 6.86. The SMILES string of the molecule is O=C(CSc1ccc(-c2cccnc2)nn1)Nc1cc(Cl)cc(Cl)c1.